The number of rotatable bonds is 6. The predicted molar refractivity (Wildman–Crippen MR) is 142 cm³/mol. The summed E-state index contributed by atoms with van der Waals surface area (Å²) in [4.78, 5) is 25.5. The smallest absolute Gasteiger partial charge is 0.393 e. The second kappa shape index (κ2) is 11.2. The Hall–Kier alpha value is -3.95. The molecule has 2 aromatic carbocycles. The summed E-state index contributed by atoms with van der Waals surface area (Å²) in [5, 5.41) is 2.97. The number of hydrogen-bond donors (Lipinski definition) is 3. The quantitative estimate of drug-likeness (QED) is 0.229. The van der Waals surface area contributed by atoms with Crippen molar-refractivity contribution in [1.82, 2.24) is 15.3 Å². The lowest BCUT2D eigenvalue weighted by molar-refractivity contribution is -0.127. The first-order chi connectivity index (χ1) is 18.0. The van der Waals surface area contributed by atoms with Crippen molar-refractivity contribution in [3.63, 3.8) is 0 Å². The summed E-state index contributed by atoms with van der Waals surface area (Å²) in [6, 6.07) is 13.4. The minimum absolute atomic E-state index is 0.0357. The summed E-state index contributed by atoms with van der Waals surface area (Å²) >= 11 is 0. The minimum Gasteiger partial charge on any atom is -0.398 e. The first-order valence-electron chi connectivity index (χ1n) is 12.5. The van der Waals surface area contributed by atoms with Crippen molar-refractivity contribution in [2.24, 2.45) is 10.7 Å². The van der Waals surface area contributed by atoms with Gasteiger partial charge >= 0.3 is 6.18 Å². The number of carbonyl (C=O) groups excluding carboxylic acids is 1. The van der Waals surface area contributed by atoms with Crippen LogP contribution in [0.1, 0.15) is 60.9 Å². The van der Waals surface area contributed by atoms with Crippen molar-refractivity contribution < 1.29 is 18.0 Å². The van der Waals surface area contributed by atoms with Gasteiger partial charge in [-0.1, -0.05) is 36.4 Å². The van der Waals surface area contributed by atoms with E-state index in [2.05, 4.69) is 15.3 Å². The monoisotopic (exact) mass is 524 g/mol. The van der Waals surface area contributed by atoms with Gasteiger partial charge in [-0.15, -0.1) is 0 Å². The summed E-state index contributed by atoms with van der Waals surface area (Å²) in [5.74, 6) is 0.578. The predicted octanol–water partition coefficient (Wildman–Crippen LogP) is 5.34. The molecule has 0 saturated heterocycles. The topological polar surface area (TPSA) is 119 Å². The van der Waals surface area contributed by atoms with Crippen molar-refractivity contribution in [2.75, 3.05) is 5.73 Å². The van der Waals surface area contributed by atoms with Crippen LogP contribution >= 0.6 is 0 Å². The summed E-state index contributed by atoms with van der Waals surface area (Å²) in [5.41, 5.74) is 15.2. The lowest BCUT2D eigenvalue weighted by atomic mass is 9.82. The molecule has 4 rings (SSSR count). The molecule has 0 atom stereocenters. The highest BCUT2D eigenvalue weighted by Gasteiger charge is 2.31. The molecule has 1 fully saturated rings. The average molecular weight is 525 g/mol. The Morgan fingerprint density at radius 2 is 1.71 bits per heavy atom. The molecule has 1 amide bonds. The molecule has 0 aliphatic heterocycles. The fraction of sp³-hybridized carbons (Fsp3) is 0.357. The number of carbonyl (C=O) groups is 1. The summed E-state index contributed by atoms with van der Waals surface area (Å²) in [7, 11) is 0. The Labute approximate surface area is 219 Å². The first-order valence-corrected chi connectivity index (χ1v) is 12.5. The Morgan fingerprint density at radius 1 is 1.05 bits per heavy atom. The zero-order valence-electron chi connectivity index (χ0n) is 21.3. The number of amides is 1. The molecule has 200 valence electrons. The fourth-order valence-corrected chi connectivity index (χ4v) is 4.96. The molecule has 3 aromatic rings. The van der Waals surface area contributed by atoms with Crippen molar-refractivity contribution >= 4 is 23.2 Å². The number of hydrogen-bond acceptors (Lipinski definition) is 5. The number of halogens is 3. The molecule has 38 heavy (non-hydrogen) atoms. The average Bonchev–Trinajstić information content (AvgIpc) is 2.85. The van der Waals surface area contributed by atoms with E-state index in [9.17, 15) is 18.0 Å². The number of aromatic nitrogens is 2. The lowest BCUT2D eigenvalue weighted by Crippen LogP contribution is -2.36. The van der Waals surface area contributed by atoms with Gasteiger partial charge < -0.3 is 16.8 Å². The maximum Gasteiger partial charge on any atom is 0.393 e. The summed E-state index contributed by atoms with van der Waals surface area (Å²) in [6.45, 7) is 3.35. The highest BCUT2D eigenvalue weighted by Crippen LogP contribution is 2.38. The van der Waals surface area contributed by atoms with Crippen molar-refractivity contribution in [1.29, 1.82) is 0 Å². The van der Waals surface area contributed by atoms with E-state index < -0.39 is 12.6 Å². The van der Waals surface area contributed by atoms with Crippen LogP contribution in [-0.2, 0) is 11.2 Å². The summed E-state index contributed by atoms with van der Waals surface area (Å²) < 4.78 is 40.1. The molecular weight excluding hydrogens is 493 g/mol. The van der Waals surface area contributed by atoms with Crippen LogP contribution < -0.4 is 16.8 Å². The number of amidine groups is 1. The number of aliphatic imine (C=N–C) groups is 1. The van der Waals surface area contributed by atoms with Crippen LogP contribution in [0.5, 0.6) is 0 Å². The van der Waals surface area contributed by atoms with Crippen molar-refractivity contribution in [3.05, 3.63) is 70.9 Å². The molecule has 0 spiro atoms. The SMILES string of the molecule is CC(=O)NC1CCC(c2nc(-c3ccccc3CC(F)(F)F)nc(N=C(N)c3ccccc3N)c2C)CC1. The summed E-state index contributed by atoms with van der Waals surface area (Å²) in [6.07, 6.45) is -2.42. The van der Waals surface area contributed by atoms with Gasteiger partial charge in [0.2, 0.25) is 5.91 Å². The molecular formula is C28H31F3N6O. The van der Waals surface area contributed by atoms with Gasteiger partial charge in [0.15, 0.2) is 11.6 Å². The molecule has 1 saturated carbocycles. The van der Waals surface area contributed by atoms with E-state index >= 15 is 0 Å². The van der Waals surface area contributed by atoms with Gasteiger partial charge in [0.05, 0.1) is 12.1 Å². The van der Waals surface area contributed by atoms with Crippen LogP contribution in [-0.4, -0.2) is 33.9 Å². The van der Waals surface area contributed by atoms with Crippen LogP contribution in [0.15, 0.2) is 53.5 Å². The van der Waals surface area contributed by atoms with E-state index in [-0.39, 0.29) is 40.9 Å². The second-order valence-electron chi connectivity index (χ2n) is 9.66. The van der Waals surface area contributed by atoms with E-state index in [0.29, 0.717) is 22.4 Å². The highest BCUT2D eigenvalue weighted by atomic mass is 19.4. The van der Waals surface area contributed by atoms with Crippen molar-refractivity contribution in [3.8, 4) is 11.4 Å². The molecule has 1 aromatic heterocycles. The maximum atomic E-state index is 13.4. The molecule has 10 heteroatoms. The molecule has 1 aliphatic carbocycles. The molecule has 1 heterocycles. The van der Waals surface area contributed by atoms with Gasteiger partial charge in [0.25, 0.3) is 0 Å². The zero-order chi connectivity index (χ0) is 27.4. The third kappa shape index (κ3) is 6.48. The molecule has 0 bridgehead atoms. The Kier molecular flexibility index (Phi) is 7.99. The minimum atomic E-state index is -4.39. The maximum absolute atomic E-state index is 13.4. The van der Waals surface area contributed by atoms with Gasteiger partial charge in [0.1, 0.15) is 5.84 Å². The Morgan fingerprint density at radius 3 is 2.37 bits per heavy atom. The van der Waals surface area contributed by atoms with E-state index in [1.807, 2.05) is 6.92 Å². The van der Waals surface area contributed by atoms with Crippen LogP contribution in [0.25, 0.3) is 11.4 Å². The Balaban J connectivity index is 1.81. The highest BCUT2D eigenvalue weighted by molar-refractivity contribution is 6.03. The van der Waals surface area contributed by atoms with Crippen LogP contribution in [0.2, 0.25) is 0 Å². The number of alkyl halides is 3. The van der Waals surface area contributed by atoms with E-state index in [1.165, 1.54) is 13.0 Å². The molecule has 5 N–H and O–H groups in total. The number of nitrogens with two attached hydrogens (primary N) is 2. The zero-order valence-corrected chi connectivity index (χ0v) is 21.3. The van der Waals surface area contributed by atoms with Crippen LogP contribution in [0.4, 0.5) is 24.7 Å². The number of nitrogen functional groups attached to an aromatic ring is 1. The van der Waals surface area contributed by atoms with Gasteiger partial charge in [-0.05, 0) is 50.3 Å². The lowest BCUT2D eigenvalue weighted by Gasteiger charge is -2.29. The second-order valence-corrected chi connectivity index (χ2v) is 9.66. The van der Waals surface area contributed by atoms with Crippen LogP contribution in [0, 0.1) is 6.92 Å². The number of nitrogens with zero attached hydrogens (tertiary/aromatic N) is 3. The molecule has 0 unspecified atom stereocenters. The molecule has 7 nitrogen and oxygen atoms in total. The fourth-order valence-electron chi connectivity index (χ4n) is 4.96. The van der Waals surface area contributed by atoms with E-state index in [1.54, 1.807) is 42.5 Å². The van der Waals surface area contributed by atoms with Gasteiger partial charge in [-0.25, -0.2) is 15.0 Å². The molecule has 1 aliphatic rings. The number of para-hydroxylation sites is 1. The number of nitrogens with one attached hydrogen (secondary N) is 1. The largest absolute Gasteiger partial charge is 0.398 e. The van der Waals surface area contributed by atoms with E-state index in [0.717, 1.165) is 31.4 Å². The van der Waals surface area contributed by atoms with Crippen LogP contribution in [0.3, 0.4) is 0 Å². The standard InChI is InChI=1S/C28H31F3N6O/c1-16-24(18-11-13-20(14-12-18)34-17(2)38)35-27(21-8-4-3-7-19(21)15-28(29,30)31)37-26(16)36-25(33)22-9-5-6-10-23(22)32/h3-10,18,20H,11-15,32H2,1-2H3,(H,34,38)(H2,33,35,36,37). The van der Waals surface area contributed by atoms with Crippen molar-refractivity contribution in [2.45, 2.75) is 64.1 Å². The van der Waals surface area contributed by atoms with Gasteiger partial charge in [0, 0.05) is 41.3 Å². The third-order valence-electron chi connectivity index (χ3n) is 6.79. The van der Waals surface area contributed by atoms with Gasteiger partial charge in [-0.3, -0.25) is 4.79 Å². The third-order valence-corrected chi connectivity index (χ3v) is 6.79. The number of benzene rings is 2. The normalized spacial score (nSPS) is 18.3. The first kappa shape index (κ1) is 27.1. The molecule has 0 radical (unpaired) electrons. The Bertz CT molecular complexity index is 1350. The van der Waals surface area contributed by atoms with E-state index in [4.69, 9.17) is 16.5 Å². The number of anilines is 1. The van der Waals surface area contributed by atoms with Gasteiger partial charge in [-0.2, -0.15) is 13.2 Å².